The zero-order chi connectivity index (χ0) is 29.8. The first kappa shape index (κ1) is 31.4. The number of aromatic nitrogens is 1. The third-order valence-electron chi connectivity index (χ3n) is 6.54. The molecule has 1 unspecified atom stereocenters. The number of benzene rings is 1. The predicted octanol–water partition coefficient (Wildman–Crippen LogP) is 3.89. The molecule has 220 valence electrons. The average Bonchev–Trinajstić information content (AvgIpc) is 2.98. The molecule has 11 heteroatoms. The second-order valence-corrected chi connectivity index (χ2v) is 10.5. The molecule has 0 spiro atoms. The summed E-state index contributed by atoms with van der Waals surface area (Å²) in [6.07, 6.45) is 4.12. The van der Waals surface area contributed by atoms with Crippen LogP contribution in [0.3, 0.4) is 0 Å². The van der Waals surface area contributed by atoms with Crippen LogP contribution in [0.25, 0.3) is 0 Å². The fraction of sp³-hybridized carbons (Fsp3) is 0.467. The summed E-state index contributed by atoms with van der Waals surface area (Å²) in [5.41, 5.74) is 7.74. The first-order valence-electron chi connectivity index (χ1n) is 13.8. The molecule has 1 aliphatic heterocycles. The van der Waals surface area contributed by atoms with Crippen LogP contribution in [0.1, 0.15) is 67.9 Å². The number of aliphatic imine (C=N–C) groups is 1. The number of likely N-dealkylation sites (tertiary alicyclic amines) is 1. The number of aryl methyl sites for hydroxylation is 1. The number of rotatable bonds is 12. The molecule has 11 nitrogen and oxygen atoms in total. The largest absolute Gasteiger partial charge is 0.448 e. The van der Waals surface area contributed by atoms with Crippen LogP contribution in [0, 0.1) is 11.8 Å². The number of carbonyl (C=O) groups excluding carboxylic acids is 4. The van der Waals surface area contributed by atoms with E-state index in [9.17, 15) is 19.2 Å². The van der Waals surface area contributed by atoms with E-state index in [4.69, 9.17) is 20.2 Å². The van der Waals surface area contributed by atoms with Gasteiger partial charge in [-0.05, 0) is 36.8 Å². The Balaban J connectivity index is 1.39. The van der Waals surface area contributed by atoms with E-state index in [2.05, 4.69) is 9.98 Å². The van der Waals surface area contributed by atoms with Crippen molar-refractivity contribution in [2.75, 3.05) is 19.7 Å². The van der Waals surface area contributed by atoms with Crippen molar-refractivity contribution in [1.29, 1.82) is 0 Å². The highest BCUT2D eigenvalue weighted by Crippen LogP contribution is 2.19. The van der Waals surface area contributed by atoms with Crippen molar-refractivity contribution >= 4 is 29.6 Å². The van der Waals surface area contributed by atoms with Gasteiger partial charge in [0.1, 0.15) is 11.9 Å². The summed E-state index contributed by atoms with van der Waals surface area (Å²) in [7, 11) is 0. The van der Waals surface area contributed by atoms with Crippen LogP contribution < -0.4 is 5.73 Å². The second-order valence-electron chi connectivity index (χ2n) is 10.5. The second kappa shape index (κ2) is 15.6. The van der Waals surface area contributed by atoms with E-state index in [0.717, 1.165) is 5.56 Å². The SMILES string of the molecule is CC(C)COC(=O)/N=C(\N)c1ccc(C(=O)CC(C)C(=O)N2CCC(OOC(=O)CCc3cccnc3)CC2)cc1. The van der Waals surface area contributed by atoms with Gasteiger partial charge in [-0.1, -0.05) is 51.1 Å². The lowest BCUT2D eigenvalue weighted by Gasteiger charge is -2.32. The zero-order valence-electron chi connectivity index (χ0n) is 23.8. The van der Waals surface area contributed by atoms with Crippen LogP contribution in [0.4, 0.5) is 4.79 Å². The number of ketones is 1. The topological polar surface area (TPSA) is 150 Å². The number of amidine groups is 1. The normalized spacial score (nSPS) is 14.9. The van der Waals surface area contributed by atoms with Gasteiger partial charge in [-0.25, -0.2) is 9.59 Å². The molecule has 1 saturated heterocycles. The van der Waals surface area contributed by atoms with Gasteiger partial charge in [0.15, 0.2) is 5.78 Å². The average molecular weight is 567 g/mol. The Kier molecular flexibility index (Phi) is 12.0. The summed E-state index contributed by atoms with van der Waals surface area (Å²) in [6.45, 7) is 6.70. The van der Waals surface area contributed by atoms with Gasteiger partial charge in [-0.3, -0.25) is 19.5 Å². The minimum absolute atomic E-state index is 0.00631. The molecule has 1 aromatic heterocycles. The Labute approximate surface area is 240 Å². The van der Waals surface area contributed by atoms with Crippen LogP contribution >= 0.6 is 0 Å². The van der Waals surface area contributed by atoms with E-state index < -0.39 is 18.0 Å². The fourth-order valence-electron chi connectivity index (χ4n) is 4.18. The Hall–Kier alpha value is -4.12. The Bertz CT molecular complexity index is 1210. The van der Waals surface area contributed by atoms with Crippen molar-refractivity contribution in [2.45, 2.75) is 59.0 Å². The van der Waals surface area contributed by atoms with Gasteiger partial charge in [0.05, 0.1) is 13.0 Å². The van der Waals surface area contributed by atoms with Gasteiger partial charge in [-0.2, -0.15) is 9.88 Å². The molecule has 0 aliphatic carbocycles. The summed E-state index contributed by atoms with van der Waals surface area (Å²) in [4.78, 5) is 69.3. The summed E-state index contributed by atoms with van der Waals surface area (Å²) in [5, 5.41) is 0. The van der Waals surface area contributed by atoms with Crippen molar-refractivity contribution in [2.24, 2.45) is 22.6 Å². The first-order valence-corrected chi connectivity index (χ1v) is 13.8. The maximum Gasteiger partial charge on any atom is 0.435 e. The Morgan fingerprint density at radius 3 is 2.37 bits per heavy atom. The van der Waals surface area contributed by atoms with Gasteiger partial charge < -0.3 is 15.4 Å². The standard InChI is InChI=1S/C30H38N4O7/c1-20(2)19-39-30(38)33-28(31)24-9-7-23(8-10-24)26(35)17-21(3)29(37)34-15-12-25(13-16-34)40-41-27(36)11-6-22-5-4-14-32-18-22/h4-5,7-10,14,18,20-21,25H,6,11-13,15-17,19H2,1-3H3,(H2,31,33,38). The smallest absolute Gasteiger partial charge is 0.435 e. The monoisotopic (exact) mass is 566 g/mol. The predicted molar refractivity (Wildman–Crippen MR) is 151 cm³/mol. The van der Waals surface area contributed by atoms with Crippen LogP contribution in [-0.2, 0) is 30.5 Å². The highest BCUT2D eigenvalue weighted by atomic mass is 17.2. The maximum atomic E-state index is 13.0. The van der Waals surface area contributed by atoms with Gasteiger partial charge in [-0.15, -0.1) is 0 Å². The van der Waals surface area contributed by atoms with Crippen LogP contribution in [0.5, 0.6) is 0 Å². The number of hydrogen-bond donors (Lipinski definition) is 1. The molecular weight excluding hydrogens is 528 g/mol. The Morgan fingerprint density at radius 1 is 1.05 bits per heavy atom. The third kappa shape index (κ3) is 10.4. The van der Waals surface area contributed by atoms with Crippen LogP contribution in [0.2, 0.25) is 0 Å². The molecule has 0 radical (unpaired) electrons. The van der Waals surface area contributed by atoms with E-state index in [1.54, 1.807) is 48.5 Å². The van der Waals surface area contributed by atoms with Gasteiger partial charge >= 0.3 is 12.1 Å². The quantitative estimate of drug-likeness (QED) is 0.133. The van der Waals surface area contributed by atoms with E-state index >= 15 is 0 Å². The van der Waals surface area contributed by atoms with Gasteiger partial charge in [0.2, 0.25) is 5.91 Å². The number of ether oxygens (including phenoxy) is 1. The molecule has 3 rings (SSSR count). The molecule has 0 bridgehead atoms. The molecule has 1 aromatic carbocycles. The number of amides is 2. The van der Waals surface area contributed by atoms with E-state index in [1.807, 2.05) is 26.0 Å². The molecular formula is C30H38N4O7. The van der Waals surface area contributed by atoms with Crippen LogP contribution in [0.15, 0.2) is 53.8 Å². The van der Waals surface area contributed by atoms with E-state index in [1.165, 1.54) is 0 Å². The van der Waals surface area contributed by atoms with E-state index in [0.29, 0.717) is 43.5 Å². The number of nitrogens with two attached hydrogens (primary N) is 1. The molecule has 2 N–H and O–H groups in total. The minimum Gasteiger partial charge on any atom is -0.448 e. The van der Waals surface area contributed by atoms with Gasteiger partial charge in [0, 0.05) is 48.9 Å². The van der Waals surface area contributed by atoms with Crippen molar-refractivity contribution in [3.05, 3.63) is 65.5 Å². The van der Waals surface area contributed by atoms with Crippen LogP contribution in [-0.4, -0.2) is 65.3 Å². The number of hydrogen-bond acceptors (Lipinski definition) is 8. The number of nitrogens with zero attached hydrogens (tertiary/aromatic N) is 3. The lowest BCUT2D eigenvalue weighted by atomic mass is 9.96. The number of pyridine rings is 1. The molecule has 2 aromatic rings. The number of carbonyl (C=O) groups is 4. The highest BCUT2D eigenvalue weighted by molar-refractivity contribution is 6.04. The Morgan fingerprint density at radius 2 is 1.73 bits per heavy atom. The molecule has 41 heavy (non-hydrogen) atoms. The summed E-state index contributed by atoms with van der Waals surface area (Å²) < 4.78 is 5.00. The van der Waals surface area contributed by atoms with Gasteiger partial charge in [0.25, 0.3) is 0 Å². The van der Waals surface area contributed by atoms with E-state index in [-0.39, 0.29) is 49.0 Å². The lowest BCUT2D eigenvalue weighted by molar-refractivity contribution is -0.303. The minimum atomic E-state index is -0.767. The molecule has 0 saturated carbocycles. The summed E-state index contributed by atoms with van der Waals surface area (Å²) in [5.74, 6) is -1.08. The van der Waals surface area contributed by atoms with Crippen molar-refractivity contribution in [1.82, 2.24) is 9.88 Å². The molecule has 1 aliphatic rings. The zero-order valence-corrected chi connectivity index (χ0v) is 23.8. The third-order valence-corrected chi connectivity index (χ3v) is 6.54. The number of Topliss-reactive ketones (excluding diaryl/α,β-unsaturated/α-hetero) is 1. The molecule has 2 heterocycles. The molecule has 1 atom stereocenters. The molecule has 1 fully saturated rings. The maximum absolute atomic E-state index is 13.0. The first-order chi connectivity index (χ1) is 19.6. The highest BCUT2D eigenvalue weighted by Gasteiger charge is 2.29. The van der Waals surface area contributed by atoms with Crippen molar-refractivity contribution in [3.8, 4) is 0 Å². The summed E-state index contributed by atoms with van der Waals surface area (Å²) in [6, 6.07) is 10.1. The van der Waals surface area contributed by atoms with Crippen molar-refractivity contribution in [3.63, 3.8) is 0 Å². The fourth-order valence-corrected chi connectivity index (χ4v) is 4.18. The molecule has 2 amide bonds. The summed E-state index contributed by atoms with van der Waals surface area (Å²) >= 11 is 0. The number of piperidine rings is 1. The lowest BCUT2D eigenvalue weighted by Crippen LogP contribution is -2.43. The van der Waals surface area contributed by atoms with Crippen molar-refractivity contribution < 1.29 is 33.7 Å².